The number of hydrogen-bond donors (Lipinski definition) is 0. The van der Waals surface area contributed by atoms with Gasteiger partial charge in [-0.25, -0.2) is 4.39 Å². The fourth-order valence-electron chi connectivity index (χ4n) is 1.59. The average Bonchev–Trinajstić information content (AvgIpc) is 2.60. The van der Waals surface area contributed by atoms with E-state index in [2.05, 4.69) is 6.58 Å². The van der Waals surface area contributed by atoms with Crippen molar-refractivity contribution in [3.63, 3.8) is 0 Å². The van der Waals surface area contributed by atoms with E-state index in [0.717, 1.165) is 16.5 Å². The van der Waals surface area contributed by atoms with Crippen molar-refractivity contribution in [2.24, 2.45) is 0 Å². The third kappa shape index (κ3) is 2.05. The Bertz CT molecular complexity index is 501. The molecule has 0 atom stereocenters. The van der Waals surface area contributed by atoms with Gasteiger partial charge in [-0.2, -0.15) is 0 Å². The van der Waals surface area contributed by atoms with Crippen LogP contribution in [0.2, 0.25) is 0 Å². The molecule has 2 aromatic rings. The van der Waals surface area contributed by atoms with Crippen molar-refractivity contribution in [3.05, 3.63) is 48.4 Å². The summed E-state index contributed by atoms with van der Waals surface area (Å²) < 4.78 is 14.9. The third-order valence-corrected chi connectivity index (χ3v) is 2.69. The first-order chi connectivity index (χ1) is 7.20. The number of alkyl halides is 1. The highest BCUT2D eigenvalue weighted by atomic mass is 35.5. The van der Waals surface area contributed by atoms with Crippen LogP contribution in [0.3, 0.4) is 0 Å². The monoisotopic (exact) mass is 223 g/mol. The Morgan fingerprint density at radius 1 is 1.40 bits per heavy atom. The molecule has 0 aliphatic carbocycles. The van der Waals surface area contributed by atoms with Crippen LogP contribution >= 0.6 is 11.6 Å². The van der Waals surface area contributed by atoms with E-state index < -0.39 is 0 Å². The summed E-state index contributed by atoms with van der Waals surface area (Å²) in [6.07, 6.45) is 1.92. The maximum atomic E-state index is 12.9. The van der Waals surface area contributed by atoms with Crippen molar-refractivity contribution in [1.82, 2.24) is 4.57 Å². The van der Waals surface area contributed by atoms with Gasteiger partial charge in [0, 0.05) is 29.5 Å². The fourth-order valence-corrected chi connectivity index (χ4v) is 1.68. The number of halogens is 2. The van der Waals surface area contributed by atoms with Crippen molar-refractivity contribution < 1.29 is 4.39 Å². The molecule has 78 valence electrons. The van der Waals surface area contributed by atoms with Crippen LogP contribution in [-0.2, 0) is 6.54 Å². The van der Waals surface area contributed by atoms with Crippen LogP contribution in [0.15, 0.2) is 42.6 Å². The molecule has 0 saturated heterocycles. The van der Waals surface area contributed by atoms with Gasteiger partial charge < -0.3 is 4.57 Å². The second kappa shape index (κ2) is 4.07. The summed E-state index contributed by atoms with van der Waals surface area (Å²) in [4.78, 5) is 0. The lowest BCUT2D eigenvalue weighted by Gasteiger charge is -2.05. The van der Waals surface area contributed by atoms with E-state index in [-0.39, 0.29) is 5.82 Å². The Kier molecular flexibility index (Phi) is 2.78. The van der Waals surface area contributed by atoms with Gasteiger partial charge in [-0.05, 0) is 29.8 Å². The van der Waals surface area contributed by atoms with E-state index in [1.807, 2.05) is 16.8 Å². The molecule has 0 fully saturated rings. The van der Waals surface area contributed by atoms with Gasteiger partial charge in [0.25, 0.3) is 0 Å². The predicted octanol–water partition coefficient (Wildman–Crippen LogP) is 3.58. The van der Waals surface area contributed by atoms with Gasteiger partial charge in [0.2, 0.25) is 0 Å². The molecule has 0 unspecified atom stereocenters. The van der Waals surface area contributed by atoms with Gasteiger partial charge in [-0.1, -0.05) is 6.58 Å². The molecular weight excluding hydrogens is 213 g/mol. The molecular formula is C12H11ClFN. The Morgan fingerprint density at radius 3 is 2.93 bits per heavy atom. The fraction of sp³-hybridized carbons (Fsp3) is 0.167. The van der Waals surface area contributed by atoms with Crippen molar-refractivity contribution in [2.75, 3.05) is 5.88 Å². The van der Waals surface area contributed by atoms with E-state index in [1.165, 1.54) is 12.1 Å². The second-order valence-corrected chi connectivity index (χ2v) is 3.80. The number of benzene rings is 1. The number of nitrogens with zero attached hydrogens (tertiary/aromatic N) is 1. The molecule has 0 saturated carbocycles. The summed E-state index contributed by atoms with van der Waals surface area (Å²) in [6.45, 7) is 4.52. The molecule has 0 bridgehead atoms. The second-order valence-electron chi connectivity index (χ2n) is 3.53. The summed E-state index contributed by atoms with van der Waals surface area (Å²) >= 11 is 5.67. The summed E-state index contributed by atoms with van der Waals surface area (Å²) in [5.41, 5.74) is 1.95. The topological polar surface area (TPSA) is 4.93 Å². The first-order valence-electron chi connectivity index (χ1n) is 4.67. The van der Waals surface area contributed by atoms with Gasteiger partial charge in [0.15, 0.2) is 0 Å². The quantitative estimate of drug-likeness (QED) is 0.554. The molecule has 0 aliphatic rings. The molecule has 1 aromatic carbocycles. The largest absolute Gasteiger partial charge is 0.343 e. The van der Waals surface area contributed by atoms with E-state index in [1.54, 1.807) is 6.07 Å². The molecule has 15 heavy (non-hydrogen) atoms. The van der Waals surface area contributed by atoms with Gasteiger partial charge in [-0.15, -0.1) is 11.6 Å². The lowest BCUT2D eigenvalue weighted by atomic mass is 10.2. The van der Waals surface area contributed by atoms with Crippen LogP contribution in [0.25, 0.3) is 10.9 Å². The number of aromatic nitrogens is 1. The molecule has 0 amide bonds. The van der Waals surface area contributed by atoms with E-state index in [9.17, 15) is 4.39 Å². The molecule has 0 N–H and O–H groups in total. The van der Waals surface area contributed by atoms with Crippen molar-refractivity contribution in [3.8, 4) is 0 Å². The molecule has 0 aliphatic heterocycles. The number of hydrogen-bond acceptors (Lipinski definition) is 0. The first-order valence-corrected chi connectivity index (χ1v) is 5.21. The summed E-state index contributed by atoms with van der Waals surface area (Å²) in [7, 11) is 0. The Labute approximate surface area is 92.8 Å². The molecule has 0 spiro atoms. The van der Waals surface area contributed by atoms with Crippen LogP contribution in [0.4, 0.5) is 4.39 Å². The molecule has 2 rings (SSSR count). The smallest absolute Gasteiger partial charge is 0.123 e. The Balaban J connectivity index is 2.41. The molecule has 3 heteroatoms. The SMILES string of the molecule is C=C(CCl)Cn1ccc2cc(F)ccc21. The van der Waals surface area contributed by atoms with E-state index in [0.29, 0.717) is 12.4 Å². The minimum atomic E-state index is -0.212. The number of fused-ring (bicyclic) bond motifs is 1. The van der Waals surface area contributed by atoms with Crippen LogP contribution in [0.1, 0.15) is 0 Å². The van der Waals surface area contributed by atoms with Crippen molar-refractivity contribution in [1.29, 1.82) is 0 Å². The minimum Gasteiger partial charge on any atom is -0.343 e. The zero-order chi connectivity index (χ0) is 10.8. The Hall–Kier alpha value is -1.28. The molecule has 1 heterocycles. The van der Waals surface area contributed by atoms with Crippen LogP contribution < -0.4 is 0 Å². The van der Waals surface area contributed by atoms with Gasteiger partial charge in [-0.3, -0.25) is 0 Å². The van der Waals surface area contributed by atoms with Crippen LogP contribution in [0, 0.1) is 5.82 Å². The first kappa shape index (κ1) is 10.2. The van der Waals surface area contributed by atoms with E-state index >= 15 is 0 Å². The average molecular weight is 224 g/mol. The molecule has 1 aromatic heterocycles. The molecule has 0 radical (unpaired) electrons. The Morgan fingerprint density at radius 2 is 2.20 bits per heavy atom. The summed E-state index contributed by atoms with van der Waals surface area (Å²) in [5, 5.41) is 0.900. The highest BCUT2D eigenvalue weighted by Crippen LogP contribution is 2.18. The summed E-state index contributed by atoms with van der Waals surface area (Å²) in [5.74, 6) is 0.234. The number of rotatable bonds is 3. The maximum Gasteiger partial charge on any atom is 0.123 e. The van der Waals surface area contributed by atoms with Crippen molar-refractivity contribution in [2.45, 2.75) is 6.54 Å². The highest BCUT2D eigenvalue weighted by Gasteiger charge is 2.02. The normalized spacial score (nSPS) is 10.8. The van der Waals surface area contributed by atoms with Gasteiger partial charge in [0.1, 0.15) is 5.82 Å². The van der Waals surface area contributed by atoms with Crippen LogP contribution in [0.5, 0.6) is 0 Å². The number of allylic oxidation sites excluding steroid dienone is 1. The minimum absolute atomic E-state index is 0.212. The highest BCUT2D eigenvalue weighted by molar-refractivity contribution is 6.19. The van der Waals surface area contributed by atoms with Gasteiger partial charge >= 0.3 is 0 Å². The van der Waals surface area contributed by atoms with Crippen LogP contribution in [-0.4, -0.2) is 10.4 Å². The lowest BCUT2D eigenvalue weighted by molar-refractivity contribution is 0.629. The van der Waals surface area contributed by atoms with E-state index in [4.69, 9.17) is 11.6 Å². The standard InChI is InChI=1S/C12H11ClFN/c1-9(7-13)8-15-5-4-10-6-11(14)2-3-12(10)15/h2-6H,1,7-8H2. The maximum absolute atomic E-state index is 12.9. The summed E-state index contributed by atoms with van der Waals surface area (Å²) in [6, 6.07) is 6.64. The third-order valence-electron chi connectivity index (χ3n) is 2.32. The van der Waals surface area contributed by atoms with Gasteiger partial charge in [0.05, 0.1) is 0 Å². The zero-order valence-corrected chi connectivity index (χ0v) is 8.97. The predicted molar refractivity (Wildman–Crippen MR) is 61.8 cm³/mol. The zero-order valence-electron chi connectivity index (χ0n) is 8.21. The lowest BCUT2D eigenvalue weighted by Crippen LogP contribution is -1.99. The molecule has 1 nitrogen and oxygen atoms in total. The van der Waals surface area contributed by atoms with Crippen molar-refractivity contribution >= 4 is 22.5 Å².